The maximum absolute atomic E-state index is 14.5. The van der Waals surface area contributed by atoms with Gasteiger partial charge in [-0.25, -0.2) is 4.79 Å². The Morgan fingerprint density at radius 1 is 0.905 bits per heavy atom. The second-order valence-corrected chi connectivity index (χ2v) is 11.4. The first-order chi connectivity index (χ1) is 20.0. The van der Waals surface area contributed by atoms with Crippen molar-refractivity contribution in [2.45, 2.75) is 78.0 Å². The van der Waals surface area contributed by atoms with Gasteiger partial charge in [0.1, 0.15) is 23.4 Å². The van der Waals surface area contributed by atoms with Gasteiger partial charge in [-0.1, -0.05) is 86.5 Å². The predicted molar refractivity (Wildman–Crippen MR) is 165 cm³/mol. The average Bonchev–Trinajstić information content (AvgIpc) is 2.93. The fourth-order valence-electron chi connectivity index (χ4n) is 4.68. The summed E-state index contributed by atoms with van der Waals surface area (Å²) in [5.41, 5.74) is 1.83. The fourth-order valence-corrected chi connectivity index (χ4v) is 4.68. The zero-order valence-electron chi connectivity index (χ0n) is 25.2. The number of ether oxygens (including phenoxy) is 1. The Labute approximate surface area is 249 Å². The van der Waals surface area contributed by atoms with Gasteiger partial charge in [-0.3, -0.25) is 9.59 Å². The van der Waals surface area contributed by atoms with Gasteiger partial charge in [0.05, 0.1) is 0 Å². The van der Waals surface area contributed by atoms with E-state index in [4.69, 9.17) is 4.74 Å². The predicted octanol–water partition coefficient (Wildman–Crippen LogP) is 6.54. The molecule has 3 rings (SSSR count). The Hall–Kier alpha value is -4.33. The molecule has 8 nitrogen and oxygen atoms in total. The van der Waals surface area contributed by atoms with Crippen molar-refractivity contribution < 1.29 is 24.2 Å². The van der Waals surface area contributed by atoms with Gasteiger partial charge in [-0.15, -0.1) is 0 Å². The van der Waals surface area contributed by atoms with Crippen molar-refractivity contribution in [1.29, 1.82) is 0 Å². The first kappa shape index (κ1) is 32.2. The number of benzene rings is 3. The Morgan fingerprint density at radius 2 is 1.55 bits per heavy atom. The van der Waals surface area contributed by atoms with Crippen LogP contribution in [0.2, 0.25) is 0 Å². The molecule has 2 atom stereocenters. The number of para-hydroxylation sites is 2. The third-order valence-corrected chi connectivity index (χ3v) is 6.75. The molecule has 0 aliphatic carbocycles. The van der Waals surface area contributed by atoms with Gasteiger partial charge in [0, 0.05) is 24.2 Å². The van der Waals surface area contributed by atoms with Crippen LogP contribution >= 0.6 is 0 Å². The normalized spacial score (nSPS) is 12.6. The highest BCUT2D eigenvalue weighted by atomic mass is 16.6. The van der Waals surface area contributed by atoms with Crippen molar-refractivity contribution in [2.24, 2.45) is 0 Å². The fraction of sp³-hybridized carbons (Fsp3) is 0.382. The summed E-state index contributed by atoms with van der Waals surface area (Å²) in [5, 5.41) is 16.6. The summed E-state index contributed by atoms with van der Waals surface area (Å²) in [6.07, 6.45) is 1.83. The molecule has 3 aromatic rings. The minimum absolute atomic E-state index is 0.101. The van der Waals surface area contributed by atoms with Crippen molar-refractivity contribution in [1.82, 2.24) is 10.2 Å². The maximum Gasteiger partial charge on any atom is 0.408 e. The van der Waals surface area contributed by atoms with E-state index in [0.717, 1.165) is 24.0 Å². The van der Waals surface area contributed by atoms with E-state index in [9.17, 15) is 19.5 Å². The SMILES string of the molecule is CCCCCN(C(=O)C(Cc1ccccc1)NC(=O)OC(C)(C)C)C(C(=O)Nc1ccccc1C)c1ccccc1O. The van der Waals surface area contributed by atoms with Crippen LogP contribution in [-0.4, -0.2) is 46.1 Å². The van der Waals surface area contributed by atoms with Crippen LogP contribution in [-0.2, 0) is 20.7 Å². The average molecular weight is 574 g/mol. The van der Waals surface area contributed by atoms with E-state index in [1.165, 1.54) is 11.0 Å². The third kappa shape index (κ3) is 9.36. The van der Waals surface area contributed by atoms with Crippen LogP contribution in [0.5, 0.6) is 5.75 Å². The molecule has 0 saturated carbocycles. The van der Waals surface area contributed by atoms with E-state index < -0.39 is 35.6 Å². The third-order valence-electron chi connectivity index (χ3n) is 6.75. The molecule has 3 aromatic carbocycles. The lowest BCUT2D eigenvalue weighted by Crippen LogP contribution is -2.53. The molecule has 3 N–H and O–H groups in total. The molecule has 0 saturated heterocycles. The summed E-state index contributed by atoms with van der Waals surface area (Å²) >= 11 is 0. The molecule has 2 unspecified atom stereocenters. The summed E-state index contributed by atoms with van der Waals surface area (Å²) in [5.74, 6) is -1.02. The van der Waals surface area contributed by atoms with Gasteiger partial charge in [0.2, 0.25) is 5.91 Å². The molecule has 0 aromatic heterocycles. The van der Waals surface area contributed by atoms with Crippen molar-refractivity contribution in [3.63, 3.8) is 0 Å². The molecule has 3 amide bonds. The van der Waals surface area contributed by atoms with Gasteiger partial charge in [0.25, 0.3) is 5.91 Å². The van der Waals surface area contributed by atoms with E-state index in [1.807, 2.05) is 55.5 Å². The first-order valence-electron chi connectivity index (χ1n) is 14.5. The van der Waals surface area contributed by atoms with Gasteiger partial charge >= 0.3 is 6.09 Å². The van der Waals surface area contributed by atoms with E-state index >= 15 is 0 Å². The number of carbonyl (C=O) groups excluding carboxylic acids is 3. The number of hydrogen-bond donors (Lipinski definition) is 3. The van der Waals surface area contributed by atoms with Crippen LogP contribution < -0.4 is 10.6 Å². The Kier molecular flexibility index (Phi) is 11.5. The largest absolute Gasteiger partial charge is 0.508 e. The van der Waals surface area contributed by atoms with E-state index in [1.54, 1.807) is 45.0 Å². The monoisotopic (exact) mass is 573 g/mol. The topological polar surface area (TPSA) is 108 Å². The number of aryl methyl sites for hydroxylation is 1. The molecule has 8 heteroatoms. The van der Waals surface area contributed by atoms with Crippen LogP contribution in [0.1, 0.15) is 69.7 Å². The molecule has 0 aliphatic heterocycles. The summed E-state index contributed by atoms with van der Waals surface area (Å²) in [4.78, 5) is 43.0. The van der Waals surface area contributed by atoms with Gasteiger partial charge < -0.3 is 25.4 Å². The highest BCUT2D eigenvalue weighted by Gasteiger charge is 2.37. The standard InChI is InChI=1S/C34H43N3O5/c1-6-7-15-22-37(32(40)28(23-25-17-9-8-10-18-25)36-33(41)42-34(3,4)5)30(26-19-12-14-21-29(26)38)31(39)35-27-20-13-11-16-24(27)2/h8-14,16-21,28,30,38H,6-7,15,22-23H2,1-5H3,(H,35,39)(H,36,41). The molecule has 0 spiro atoms. The lowest BCUT2D eigenvalue weighted by Gasteiger charge is -2.35. The molecular formula is C34H43N3O5. The molecule has 0 fully saturated rings. The number of nitrogens with zero attached hydrogens (tertiary/aromatic N) is 1. The number of aromatic hydroxyl groups is 1. The number of nitrogens with one attached hydrogen (secondary N) is 2. The number of alkyl carbamates (subject to hydrolysis) is 1. The van der Waals surface area contributed by atoms with E-state index in [-0.39, 0.29) is 18.7 Å². The van der Waals surface area contributed by atoms with Crippen molar-refractivity contribution in [3.05, 3.63) is 95.6 Å². The number of rotatable bonds is 12. The van der Waals surface area contributed by atoms with Crippen molar-refractivity contribution in [3.8, 4) is 5.75 Å². The zero-order valence-corrected chi connectivity index (χ0v) is 25.2. The van der Waals surface area contributed by atoms with Crippen LogP contribution in [0.3, 0.4) is 0 Å². The number of unbranched alkanes of at least 4 members (excludes halogenated alkanes) is 2. The van der Waals surface area contributed by atoms with E-state index in [0.29, 0.717) is 17.7 Å². The van der Waals surface area contributed by atoms with Crippen LogP contribution in [0.4, 0.5) is 10.5 Å². The maximum atomic E-state index is 14.5. The van der Waals surface area contributed by atoms with Gasteiger partial charge in [-0.2, -0.15) is 0 Å². The van der Waals surface area contributed by atoms with Crippen LogP contribution in [0.25, 0.3) is 0 Å². The van der Waals surface area contributed by atoms with Crippen LogP contribution in [0.15, 0.2) is 78.9 Å². The van der Waals surface area contributed by atoms with Gasteiger partial charge in [0.15, 0.2) is 0 Å². The summed E-state index contributed by atoms with van der Waals surface area (Å²) in [7, 11) is 0. The highest BCUT2D eigenvalue weighted by molar-refractivity contribution is 5.99. The quantitative estimate of drug-likeness (QED) is 0.213. The smallest absolute Gasteiger partial charge is 0.408 e. The summed E-state index contributed by atoms with van der Waals surface area (Å²) in [6.45, 7) is 9.44. The number of amides is 3. The lowest BCUT2D eigenvalue weighted by atomic mass is 9.99. The Bertz CT molecular complexity index is 1340. The number of phenolic OH excluding ortho intramolecular Hbond substituents is 1. The Balaban J connectivity index is 2.08. The lowest BCUT2D eigenvalue weighted by molar-refractivity contribution is -0.141. The summed E-state index contributed by atoms with van der Waals surface area (Å²) in [6, 6.07) is 21.1. The molecule has 42 heavy (non-hydrogen) atoms. The number of phenols is 1. The highest BCUT2D eigenvalue weighted by Crippen LogP contribution is 2.32. The molecule has 0 heterocycles. The second-order valence-electron chi connectivity index (χ2n) is 11.4. The first-order valence-corrected chi connectivity index (χ1v) is 14.5. The van der Waals surface area contributed by atoms with Crippen molar-refractivity contribution >= 4 is 23.6 Å². The summed E-state index contributed by atoms with van der Waals surface area (Å²) < 4.78 is 5.50. The molecule has 0 aliphatic rings. The van der Waals surface area contributed by atoms with Gasteiger partial charge in [-0.05, 0) is 57.4 Å². The number of carbonyl (C=O) groups is 3. The Morgan fingerprint density at radius 3 is 2.19 bits per heavy atom. The number of hydrogen-bond acceptors (Lipinski definition) is 5. The minimum atomic E-state index is -1.16. The minimum Gasteiger partial charge on any atom is -0.508 e. The molecule has 0 bridgehead atoms. The van der Waals surface area contributed by atoms with E-state index in [2.05, 4.69) is 17.6 Å². The molecular weight excluding hydrogens is 530 g/mol. The number of anilines is 1. The zero-order chi connectivity index (χ0) is 30.7. The second kappa shape index (κ2) is 15.1. The van der Waals surface area contributed by atoms with Crippen LogP contribution in [0, 0.1) is 6.92 Å². The molecule has 0 radical (unpaired) electrons. The molecule has 224 valence electrons. The van der Waals surface area contributed by atoms with Crippen molar-refractivity contribution in [2.75, 3.05) is 11.9 Å².